The van der Waals surface area contributed by atoms with Gasteiger partial charge in [-0.2, -0.15) is 13.2 Å². The van der Waals surface area contributed by atoms with Gasteiger partial charge in [-0.05, 0) is 35.2 Å². The van der Waals surface area contributed by atoms with Gasteiger partial charge < -0.3 is 19.2 Å². The molecule has 5 rings (SSSR count). The molecule has 5 nitrogen and oxygen atoms in total. The Morgan fingerprint density at radius 3 is 1.84 bits per heavy atom. The third-order valence-corrected chi connectivity index (χ3v) is 7.32. The van der Waals surface area contributed by atoms with Crippen LogP contribution in [0, 0.1) is 0 Å². The molecular weight excluding hydrogens is 555 g/mol. The van der Waals surface area contributed by atoms with Crippen LogP contribution in [-0.4, -0.2) is 5.11 Å². The lowest BCUT2D eigenvalue weighted by molar-refractivity contribution is -0.941. The second-order valence-electron chi connectivity index (χ2n) is 11.7. The highest BCUT2D eigenvalue weighted by Crippen LogP contribution is 2.40. The first kappa shape index (κ1) is 29.9. The van der Waals surface area contributed by atoms with E-state index in [1.165, 1.54) is 24.3 Å². The molecule has 2 N–H and O–H groups in total. The molecule has 4 aromatic carbocycles. The number of aromatic hydroxyl groups is 1. The van der Waals surface area contributed by atoms with E-state index in [9.17, 15) is 23.1 Å². The minimum atomic E-state index is -5.03. The Hall–Kier alpha value is -4.56. The van der Waals surface area contributed by atoms with E-state index in [1.807, 2.05) is 81.4 Å². The fourth-order valence-electron chi connectivity index (χ4n) is 5.08. The van der Waals surface area contributed by atoms with Gasteiger partial charge in [-0.25, -0.2) is 0 Å². The summed E-state index contributed by atoms with van der Waals surface area (Å²) >= 11 is 0. The van der Waals surface area contributed by atoms with Gasteiger partial charge in [0.05, 0.1) is 10.9 Å². The second kappa shape index (κ2) is 12.0. The highest BCUT2D eigenvalue weighted by atomic mass is 19.4. The number of hydrogen-bond donors (Lipinski definition) is 2. The van der Waals surface area contributed by atoms with Crippen LogP contribution in [0.5, 0.6) is 17.2 Å². The van der Waals surface area contributed by atoms with Crippen molar-refractivity contribution in [3.8, 4) is 17.2 Å². The molecule has 43 heavy (non-hydrogen) atoms. The van der Waals surface area contributed by atoms with E-state index in [2.05, 4.69) is 0 Å². The van der Waals surface area contributed by atoms with E-state index in [4.69, 9.17) is 9.15 Å². The van der Waals surface area contributed by atoms with E-state index >= 15 is 0 Å². The lowest BCUT2D eigenvalue weighted by Crippen LogP contribution is -3.08. The standard InChI is InChI=1S/C35H32F3NO4/c1-34(2,3)25-14-16-26(17-15-25)42-32-30(41)27-18-19-29(40)28(31(27)43-33(32)35(36,37)38)22-39(20-23-10-6-4-7-11-23)21-24-12-8-5-9-13-24/h4-19,40H,20-22H2,1-3H3/p+1. The third kappa shape index (κ3) is 6.92. The first-order valence-electron chi connectivity index (χ1n) is 14.0. The van der Waals surface area contributed by atoms with Crippen molar-refractivity contribution in [2.24, 2.45) is 0 Å². The summed E-state index contributed by atoms with van der Waals surface area (Å²) in [5.74, 6) is -2.68. The van der Waals surface area contributed by atoms with E-state index < -0.39 is 23.1 Å². The van der Waals surface area contributed by atoms with Crippen molar-refractivity contribution in [1.82, 2.24) is 0 Å². The maximum absolute atomic E-state index is 14.4. The summed E-state index contributed by atoms with van der Waals surface area (Å²) in [6.07, 6.45) is -5.03. The predicted octanol–water partition coefficient (Wildman–Crippen LogP) is 7.39. The molecule has 0 saturated carbocycles. The topological polar surface area (TPSA) is 64.1 Å². The van der Waals surface area contributed by atoms with Gasteiger partial charge in [0.25, 0.3) is 5.76 Å². The second-order valence-corrected chi connectivity index (χ2v) is 11.7. The van der Waals surface area contributed by atoms with Crippen LogP contribution in [0.15, 0.2) is 106 Å². The molecule has 0 fully saturated rings. The molecule has 0 aliphatic carbocycles. The van der Waals surface area contributed by atoms with Crippen molar-refractivity contribution < 1.29 is 32.3 Å². The fraction of sp³-hybridized carbons (Fsp3) is 0.229. The van der Waals surface area contributed by atoms with Gasteiger partial charge in [0.2, 0.25) is 11.2 Å². The molecule has 0 aliphatic heterocycles. The van der Waals surface area contributed by atoms with Crippen molar-refractivity contribution in [1.29, 1.82) is 0 Å². The molecule has 0 aliphatic rings. The normalized spacial score (nSPS) is 12.2. The zero-order valence-corrected chi connectivity index (χ0v) is 24.2. The number of phenolic OH excluding ortho intramolecular Hbond substituents is 1. The number of hydrogen-bond acceptors (Lipinski definition) is 4. The van der Waals surface area contributed by atoms with Crippen molar-refractivity contribution in [3.05, 3.63) is 135 Å². The Kier molecular flexibility index (Phi) is 8.33. The van der Waals surface area contributed by atoms with Crippen LogP contribution in [0.3, 0.4) is 0 Å². The van der Waals surface area contributed by atoms with Crippen LogP contribution >= 0.6 is 0 Å². The summed E-state index contributed by atoms with van der Waals surface area (Å²) < 4.78 is 54.1. The number of halogens is 3. The van der Waals surface area contributed by atoms with Gasteiger partial charge in [-0.1, -0.05) is 93.6 Å². The molecule has 222 valence electrons. The first-order chi connectivity index (χ1) is 20.4. The van der Waals surface area contributed by atoms with Gasteiger partial charge in [0, 0.05) is 11.1 Å². The molecule has 0 unspecified atom stereocenters. The summed E-state index contributed by atoms with van der Waals surface area (Å²) in [4.78, 5) is 14.5. The van der Waals surface area contributed by atoms with Crippen molar-refractivity contribution in [3.63, 3.8) is 0 Å². The Morgan fingerprint density at radius 2 is 1.33 bits per heavy atom. The van der Waals surface area contributed by atoms with Crippen LogP contribution in [-0.2, 0) is 31.2 Å². The van der Waals surface area contributed by atoms with Gasteiger partial charge >= 0.3 is 6.18 Å². The Labute approximate surface area is 247 Å². The first-order valence-corrected chi connectivity index (χ1v) is 14.0. The number of quaternary nitrogens is 1. The predicted molar refractivity (Wildman–Crippen MR) is 159 cm³/mol. The largest absolute Gasteiger partial charge is 0.507 e. The summed E-state index contributed by atoms with van der Waals surface area (Å²) in [5, 5.41) is 10.8. The average Bonchev–Trinajstić information content (AvgIpc) is 2.96. The zero-order chi connectivity index (χ0) is 30.8. The zero-order valence-electron chi connectivity index (χ0n) is 24.2. The Balaban J connectivity index is 1.59. The molecular formula is C35H33F3NO4+. The molecule has 1 aromatic heterocycles. The van der Waals surface area contributed by atoms with Crippen LogP contribution in [0.4, 0.5) is 13.2 Å². The Morgan fingerprint density at radius 1 is 0.767 bits per heavy atom. The van der Waals surface area contributed by atoms with Crippen molar-refractivity contribution in [2.45, 2.75) is 52.0 Å². The molecule has 0 atom stereocenters. The van der Waals surface area contributed by atoms with E-state index in [0.717, 1.165) is 21.6 Å². The number of fused-ring (bicyclic) bond motifs is 1. The van der Waals surface area contributed by atoms with Crippen LogP contribution in [0.1, 0.15) is 48.8 Å². The molecule has 0 saturated heterocycles. The monoisotopic (exact) mass is 588 g/mol. The van der Waals surface area contributed by atoms with E-state index in [-0.39, 0.29) is 40.0 Å². The highest BCUT2D eigenvalue weighted by Gasteiger charge is 2.41. The Bertz CT molecular complexity index is 1720. The summed E-state index contributed by atoms with van der Waals surface area (Å²) in [7, 11) is 0. The van der Waals surface area contributed by atoms with E-state index in [1.54, 1.807) is 12.1 Å². The SMILES string of the molecule is CC(C)(C)c1ccc(Oc2c(C(F)(F)F)oc3c(C[NH+](Cc4ccccc4)Cc4ccccc4)c(O)ccc3c2=O)cc1. The molecule has 5 aromatic rings. The van der Waals surface area contributed by atoms with Crippen molar-refractivity contribution >= 4 is 11.0 Å². The molecule has 0 radical (unpaired) electrons. The average molecular weight is 589 g/mol. The van der Waals surface area contributed by atoms with Gasteiger partial charge in [-0.15, -0.1) is 0 Å². The third-order valence-electron chi connectivity index (χ3n) is 7.32. The van der Waals surface area contributed by atoms with Gasteiger partial charge in [0.1, 0.15) is 31.1 Å². The van der Waals surface area contributed by atoms with Crippen molar-refractivity contribution in [2.75, 3.05) is 0 Å². The molecule has 8 heteroatoms. The maximum Gasteiger partial charge on any atom is 0.453 e. The number of rotatable bonds is 8. The van der Waals surface area contributed by atoms with Crippen LogP contribution < -0.4 is 15.1 Å². The lowest BCUT2D eigenvalue weighted by atomic mass is 9.87. The summed E-state index contributed by atoms with van der Waals surface area (Å²) in [6.45, 7) is 7.18. The van der Waals surface area contributed by atoms with Gasteiger partial charge in [0.15, 0.2) is 5.58 Å². The molecule has 0 amide bonds. The van der Waals surface area contributed by atoms with Crippen LogP contribution in [0.2, 0.25) is 0 Å². The number of ether oxygens (including phenoxy) is 1. The summed E-state index contributed by atoms with van der Waals surface area (Å²) in [5.41, 5.74) is 1.64. The number of phenols is 1. The van der Waals surface area contributed by atoms with E-state index in [0.29, 0.717) is 13.1 Å². The number of nitrogens with one attached hydrogen (secondary N) is 1. The maximum atomic E-state index is 14.4. The molecule has 0 spiro atoms. The smallest absolute Gasteiger partial charge is 0.453 e. The minimum Gasteiger partial charge on any atom is -0.507 e. The van der Waals surface area contributed by atoms with Crippen LogP contribution in [0.25, 0.3) is 11.0 Å². The summed E-state index contributed by atoms with van der Waals surface area (Å²) in [6, 6.07) is 28.5. The minimum absolute atomic E-state index is 0.0745. The highest BCUT2D eigenvalue weighted by molar-refractivity contribution is 5.83. The molecule has 0 bridgehead atoms. The lowest BCUT2D eigenvalue weighted by Gasteiger charge is -2.22. The number of alkyl halides is 3. The molecule has 1 heterocycles. The number of benzene rings is 4. The van der Waals surface area contributed by atoms with Gasteiger partial charge in [-0.3, -0.25) is 4.79 Å². The fourth-order valence-corrected chi connectivity index (χ4v) is 5.08. The quantitative estimate of drug-likeness (QED) is 0.198.